The highest BCUT2D eigenvalue weighted by atomic mass is 16.1. The van der Waals surface area contributed by atoms with Crippen molar-refractivity contribution < 1.29 is 4.79 Å². The van der Waals surface area contributed by atoms with E-state index in [-0.39, 0.29) is 23.5 Å². The molecule has 0 bridgehead atoms. The molecule has 4 rings (SSSR count). The first kappa shape index (κ1) is 21.5. The predicted octanol–water partition coefficient (Wildman–Crippen LogP) is 3.42. The van der Waals surface area contributed by atoms with Crippen LogP contribution in [0.4, 0.5) is 5.69 Å². The molecule has 2 N–H and O–H groups in total. The van der Waals surface area contributed by atoms with Crippen molar-refractivity contribution >= 4 is 11.6 Å². The molecule has 0 saturated carbocycles. The summed E-state index contributed by atoms with van der Waals surface area (Å²) < 4.78 is 2.18. The number of fused-ring (bicyclic) bond motifs is 1. The first-order valence-corrected chi connectivity index (χ1v) is 10.9. The van der Waals surface area contributed by atoms with Crippen molar-refractivity contribution in [2.45, 2.75) is 58.9 Å². The van der Waals surface area contributed by atoms with E-state index in [1.54, 1.807) is 13.8 Å². The van der Waals surface area contributed by atoms with E-state index < -0.39 is 0 Å². The molecular formula is C24H26N6O2. The van der Waals surface area contributed by atoms with Crippen molar-refractivity contribution in [1.82, 2.24) is 19.7 Å². The SMILES string of the molecule is Cc1[nH]c(=O)c(C#N)c(C)c1CCC(=O)Nc1cccc(-c2nnc3n2CCCCC3)c1. The number of nitrogens with zero attached hydrogens (tertiary/aromatic N) is 4. The second-order valence-electron chi connectivity index (χ2n) is 8.20. The highest BCUT2D eigenvalue weighted by Crippen LogP contribution is 2.25. The Morgan fingerprint density at radius 2 is 2.09 bits per heavy atom. The minimum atomic E-state index is -0.390. The van der Waals surface area contributed by atoms with Gasteiger partial charge in [0.25, 0.3) is 5.56 Å². The smallest absolute Gasteiger partial charge is 0.266 e. The molecule has 0 unspecified atom stereocenters. The van der Waals surface area contributed by atoms with Crippen LogP contribution in [0.15, 0.2) is 29.1 Å². The summed E-state index contributed by atoms with van der Waals surface area (Å²) in [5.74, 6) is 1.72. The van der Waals surface area contributed by atoms with Gasteiger partial charge in [0.1, 0.15) is 17.5 Å². The molecule has 1 aromatic carbocycles. The molecule has 0 atom stereocenters. The standard InChI is InChI=1S/C24H26N6O2/c1-15-19(16(2)26-24(32)20(15)14-25)10-11-22(31)27-18-8-6-7-17(13-18)23-29-28-21-9-4-3-5-12-30(21)23/h6-8,13H,3-5,9-12H2,1-2H3,(H,26,32)(H,27,31). The first-order chi connectivity index (χ1) is 15.5. The van der Waals surface area contributed by atoms with E-state index in [9.17, 15) is 14.9 Å². The number of aryl methyl sites for hydroxylation is 2. The topological polar surface area (TPSA) is 116 Å². The largest absolute Gasteiger partial charge is 0.326 e. The maximum absolute atomic E-state index is 12.6. The van der Waals surface area contributed by atoms with Gasteiger partial charge in [-0.05, 0) is 56.4 Å². The molecule has 0 radical (unpaired) electrons. The average Bonchev–Trinajstić information content (AvgIpc) is 3.02. The molecule has 8 heteroatoms. The Morgan fingerprint density at radius 1 is 1.25 bits per heavy atom. The third kappa shape index (κ3) is 4.33. The fraction of sp³-hybridized carbons (Fsp3) is 0.375. The van der Waals surface area contributed by atoms with Crippen LogP contribution < -0.4 is 10.9 Å². The number of aromatic nitrogens is 4. The Kier molecular flexibility index (Phi) is 6.17. The summed E-state index contributed by atoms with van der Waals surface area (Å²) in [4.78, 5) is 27.2. The van der Waals surface area contributed by atoms with Crippen LogP contribution in [0.2, 0.25) is 0 Å². The minimum absolute atomic E-state index is 0.103. The lowest BCUT2D eigenvalue weighted by Gasteiger charge is -2.12. The molecule has 2 aromatic heterocycles. The van der Waals surface area contributed by atoms with E-state index in [4.69, 9.17) is 0 Å². The van der Waals surface area contributed by atoms with Crippen LogP contribution in [0.5, 0.6) is 0 Å². The Hall–Kier alpha value is -3.73. The van der Waals surface area contributed by atoms with Crippen molar-refractivity contribution in [1.29, 1.82) is 5.26 Å². The van der Waals surface area contributed by atoms with Gasteiger partial charge in [-0.25, -0.2) is 0 Å². The number of nitrogens with one attached hydrogen (secondary N) is 2. The van der Waals surface area contributed by atoms with E-state index in [2.05, 4.69) is 25.1 Å². The molecule has 32 heavy (non-hydrogen) atoms. The number of H-pyrrole nitrogens is 1. The van der Waals surface area contributed by atoms with Crippen molar-refractivity contribution in [3.8, 4) is 17.5 Å². The maximum Gasteiger partial charge on any atom is 0.266 e. The van der Waals surface area contributed by atoms with Crippen LogP contribution in [0, 0.1) is 25.2 Å². The van der Waals surface area contributed by atoms with Crippen LogP contribution in [0.25, 0.3) is 11.4 Å². The first-order valence-electron chi connectivity index (χ1n) is 10.9. The number of aromatic amines is 1. The van der Waals surface area contributed by atoms with Crippen LogP contribution in [-0.4, -0.2) is 25.7 Å². The minimum Gasteiger partial charge on any atom is -0.326 e. The lowest BCUT2D eigenvalue weighted by molar-refractivity contribution is -0.116. The van der Waals surface area contributed by atoms with Crippen LogP contribution in [0.3, 0.4) is 0 Å². The van der Waals surface area contributed by atoms with Gasteiger partial charge in [0.05, 0.1) is 0 Å². The van der Waals surface area contributed by atoms with Crippen molar-refractivity contribution in [2.75, 3.05) is 5.32 Å². The molecule has 0 saturated heterocycles. The summed E-state index contributed by atoms with van der Waals surface area (Å²) in [6.45, 7) is 4.45. The molecule has 8 nitrogen and oxygen atoms in total. The number of benzene rings is 1. The number of carbonyl (C=O) groups is 1. The Balaban J connectivity index is 1.47. The van der Waals surface area contributed by atoms with Crippen LogP contribution >= 0.6 is 0 Å². The second kappa shape index (κ2) is 9.18. The molecule has 164 valence electrons. The maximum atomic E-state index is 12.6. The summed E-state index contributed by atoms with van der Waals surface area (Å²) in [5, 5.41) is 20.9. The quantitative estimate of drug-likeness (QED) is 0.643. The molecule has 1 aliphatic rings. The molecular weight excluding hydrogens is 404 g/mol. The van der Waals surface area contributed by atoms with E-state index in [0.29, 0.717) is 23.4 Å². The molecule has 0 spiro atoms. The Bertz CT molecular complexity index is 1260. The summed E-state index contributed by atoms with van der Waals surface area (Å²) in [5.41, 5.74) is 3.49. The van der Waals surface area contributed by atoms with Gasteiger partial charge in [-0.15, -0.1) is 10.2 Å². The average molecular weight is 431 g/mol. The van der Waals surface area contributed by atoms with Gasteiger partial charge in [0, 0.05) is 36.3 Å². The highest BCUT2D eigenvalue weighted by Gasteiger charge is 2.17. The van der Waals surface area contributed by atoms with Gasteiger partial charge in [0.2, 0.25) is 5.91 Å². The third-order valence-corrected chi connectivity index (χ3v) is 6.04. The van der Waals surface area contributed by atoms with Gasteiger partial charge in [-0.2, -0.15) is 5.26 Å². The third-order valence-electron chi connectivity index (χ3n) is 6.04. The predicted molar refractivity (Wildman–Crippen MR) is 121 cm³/mol. The molecule has 3 aromatic rings. The summed E-state index contributed by atoms with van der Waals surface area (Å²) in [6, 6.07) is 9.60. The molecule has 0 fully saturated rings. The van der Waals surface area contributed by atoms with E-state index in [0.717, 1.165) is 48.6 Å². The molecule has 0 aliphatic carbocycles. The van der Waals surface area contributed by atoms with Gasteiger partial charge in [-0.3, -0.25) is 9.59 Å². The number of anilines is 1. The number of amides is 1. The Morgan fingerprint density at radius 3 is 2.91 bits per heavy atom. The zero-order valence-electron chi connectivity index (χ0n) is 18.4. The van der Waals surface area contributed by atoms with Crippen molar-refractivity contribution in [3.05, 3.63) is 62.8 Å². The zero-order chi connectivity index (χ0) is 22.7. The zero-order valence-corrected chi connectivity index (χ0v) is 18.4. The molecule has 1 amide bonds. The van der Waals surface area contributed by atoms with Gasteiger partial charge in [0.15, 0.2) is 5.82 Å². The van der Waals surface area contributed by atoms with Crippen molar-refractivity contribution in [3.63, 3.8) is 0 Å². The van der Waals surface area contributed by atoms with Crippen LogP contribution in [0.1, 0.15) is 53.9 Å². The van der Waals surface area contributed by atoms with E-state index >= 15 is 0 Å². The molecule has 3 heterocycles. The monoisotopic (exact) mass is 430 g/mol. The second-order valence-corrected chi connectivity index (χ2v) is 8.20. The van der Waals surface area contributed by atoms with Gasteiger partial charge < -0.3 is 14.9 Å². The van der Waals surface area contributed by atoms with E-state index in [1.165, 1.54) is 6.42 Å². The summed E-state index contributed by atoms with van der Waals surface area (Å²) >= 11 is 0. The van der Waals surface area contributed by atoms with E-state index in [1.807, 2.05) is 30.3 Å². The van der Waals surface area contributed by atoms with Gasteiger partial charge in [-0.1, -0.05) is 18.6 Å². The number of nitriles is 1. The lowest BCUT2D eigenvalue weighted by atomic mass is 9.99. The lowest BCUT2D eigenvalue weighted by Crippen LogP contribution is -2.18. The van der Waals surface area contributed by atoms with Crippen LogP contribution in [-0.2, 0) is 24.2 Å². The molecule has 1 aliphatic heterocycles. The normalized spacial score (nSPS) is 13.2. The summed E-state index contributed by atoms with van der Waals surface area (Å²) in [6.07, 6.45) is 5.07. The highest BCUT2D eigenvalue weighted by molar-refractivity contribution is 5.91. The number of rotatable bonds is 5. The van der Waals surface area contributed by atoms with Crippen molar-refractivity contribution in [2.24, 2.45) is 0 Å². The number of pyridine rings is 1. The fourth-order valence-electron chi connectivity index (χ4n) is 4.32. The fourth-order valence-corrected chi connectivity index (χ4v) is 4.32. The number of carbonyl (C=O) groups excluding carboxylic acids is 1. The van der Waals surface area contributed by atoms with Gasteiger partial charge >= 0.3 is 0 Å². The number of hydrogen-bond acceptors (Lipinski definition) is 5. The Labute approximate surface area is 186 Å². The number of hydrogen-bond donors (Lipinski definition) is 2. The summed E-state index contributed by atoms with van der Waals surface area (Å²) in [7, 11) is 0.